The average Bonchev–Trinajstić information content (AvgIpc) is 2.40. The summed E-state index contributed by atoms with van der Waals surface area (Å²) >= 11 is 3.56. The Kier molecular flexibility index (Phi) is 5.00. The number of para-hydroxylation sites is 1. The molecule has 19 heavy (non-hydrogen) atoms. The molecule has 0 amide bonds. The van der Waals surface area contributed by atoms with E-state index in [1.54, 1.807) is 0 Å². The Bertz CT molecular complexity index is 554. The zero-order valence-electron chi connectivity index (χ0n) is 11.2. The molecule has 0 fully saturated rings. The van der Waals surface area contributed by atoms with Crippen molar-refractivity contribution in [3.63, 3.8) is 0 Å². The first kappa shape index (κ1) is 14.1. The summed E-state index contributed by atoms with van der Waals surface area (Å²) in [5.41, 5.74) is 3.63. The third-order valence-corrected chi connectivity index (χ3v) is 3.67. The van der Waals surface area contributed by atoms with E-state index in [1.165, 1.54) is 11.1 Å². The van der Waals surface area contributed by atoms with Gasteiger partial charge in [0.05, 0.1) is 4.47 Å². The highest BCUT2D eigenvalue weighted by Crippen LogP contribution is 2.30. The Morgan fingerprint density at radius 2 is 1.79 bits per heavy atom. The van der Waals surface area contributed by atoms with E-state index in [-0.39, 0.29) is 0 Å². The van der Waals surface area contributed by atoms with Gasteiger partial charge in [-0.1, -0.05) is 36.4 Å². The van der Waals surface area contributed by atoms with Crippen LogP contribution in [0.5, 0.6) is 5.75 Å². The van der Waals surface area contributed by atoms with Crippen molar-refractivity contribution in [3.05, 3.63) is 63.6 Å². The van der Waals surface area contributed by atoms with Gasteiger partial charge < -0.3 is 10.1 Å². The van der Waals surface area contributed by atoms with Crippen LogP contribution in [0, 0.1) is 6.92 Å². The Morgan fingerprint density at radius 3 is 2.53 bits per heavy atom. The lowest BCUT2D eigenvalue weighted by Gasteiger charge is -2.14. The third kappa shape index (κ3) is 3.58. The number of nitrogens with one attached hydrogen (secondary N) is 1. The SMILES string of the molecule is CNCc1cccc(Br)c1OCc1ccccc1C. The van der Waals surface area contributed by atoms with Gasteiger partial charge in [0.2, 0.25) is 0 Å². The molecule has 0 saturated carbocycles. The summed E-state index contributed by atoms with van der Waals surface area (Å²) in [6, 6.07) is 14.4. The highest BCUT2D eigenvalue weighted by atomic mass is 79.9. The van der Waals surface area contributed by atoms with Crippen LogP contribution in [0.1, 0.15) is 16.7 Å². The lowest BCUT2D eigenvalue weighted by molar-refractivity contribution is 0.299. The second kappa shape index (κ2) is 6.73. The fourth-order valence-electron chi connectivity index (χ4n) is 1.97. The molecule has 0 spiro atoms. The first-order valence-electron chi connectivity index (χ1n) is 6.31. The van der Waals surface area contributed by atoms with Gasteiger partial charge in [-0.15, -0.1) is 0 Å². The number of benzene rings is 2. The van der Waals surface area contributed by atoms with Crippen molar-refractivity contribution in [3.8, 4) is 5.75 Å². The zero-order valence-corrected chi connectivity index (χ0v) is 12.8. The summed E-state index contributed by atoms with van der Waals surface area (Å²) in [5.74, 6) is 0.917. The standard InChI is InChI=1S/C16H18BrNO/c1-12-6-3-4-7-14(12)11-19-16-13(10-18-2)8-5-9-15(16)17/h3-9,18H,10-11H2,1-2H3. The fraction of sp³-hybridized carbons (Fsp3) is 0.250. The van der Waals surface area contributed by atoms with E-state index in [9.17, 15) is 0 Å². The number of aryl methyl sites for hydroxylation is 1. The summed E-state index contributed by atoms with van der Waals surface area (Å²) in [5, 5.41) is 3.16. The van der Waals surface area contributed by atoms with Crippen LogP contribution < -0.4 is 10.1 Å². The van der Waals surface area contributed by atoms with Gasteiger partial charge in [0.25, 0.3) is 0 Å². The maximum Gasteiger partial charge on any atom is 0.138 e. The van der Waals surface area contributed by atoms with E-state index < -0.39 is 0 Å². The molecular weight excluding hydrogens is 302 g/mol. The van der Waals surface area contributed by atoms with Gasteiger partial charge in [-0.05, 0) is 47.1 Å². The molecule has 2 rings (SSSR count). The van der Waals surface area contributed by atoms with Gasteiger partial charge in [-0.2, -0.15) is 0 Å². The molecule has 0 atom stereocenters. The summed E-state index contributed by atoms with van der Waals surface area (Å²) in [6.45, 7) is 3.49. The molecule has 0 bridgehead atoms. The molecule has 0 radical (unpaired) electrons. The van der Waals surface area contributed by atoms with E-state index in [0.717, 1.165) is 22.3 Å². The molecule has 2 aromatic rings. The minimum atomic E-state index is 0.589. The molecule has 2 aromatic carbocycles. The van der Waals surface area contributed by atoms with E-state index in [0.29, 0.717) is 6.61 Å². The van der Waals surface area contributed by atoms with Crippen LogP contribution in [-0.2, 0) is 13.2 Å². The van der Waals surface area contributed by atoms with Crippen molar-refractivity contribution in [1.82, 2.24) is 5.32 Å². The number of halogens is 1. The van der Waals surface area contributed by atoms with Crippen LogP contribution in [0.4, 0.5) is 0 Å². The van der Waals surface area contributed by atoms with Crippen molar-refractivity contribution in [2.75, 3.05) is 7.05 Å². The van der Waals surface area contributed by atoms with Crippen LogP contribution in [0.15, 0.2) is 46.9 Å². The Labute approximate surface area is 122 Å². The second-order valence-corrected chi connectivity index (χ2v) is 5.33. The minimum absolute atomic E-state index is 0.589. The molecule has 0 saturated heterocycles. The number of hydrogen-bond acceptors (Lipinski definition) is 2. The van der Waals surface area contributed by atoms with Crippen LogP contribution in [-0.4, -0.2) is 7.05 Å². The molecular formula is C16H18BrNO. The van der Waals surface area contributed by atoms with Crippen molar-refractivity contribution in [2.24, 2.45) is 0 Å². The molecule has 100 valence electrons. The van der Waals surface area contributed by atoms with E-state index in [2.05, 4.69) is 46.4 Å². The first-order valence-corrected chi connectivity index (χ1v) is 7.11. The highest BCUT2D eigenvalue weighted by molar-refractivity contribution is 9.10. The number of hydrogen-bond donors (Lipinski definition) is 1. The number of rotatable bonds is 5. The van der Waals surface area contributed by atoms with Crippen molar-refractivity contribution in [2.45, 2.75) is 20.1 Å². The van der Waals surface area contributed by atoms with Crippen LogP contribution in [0.2, 0.25) is 0 Å². The molecule has 2 nitrogen and oxygen atoms in total. The van der Waals surface area contributed by atoms with Gasteiger partial charge >= 0.3 is 0 Å². The molecule has 1 N–H and O–H groups in total. The van der Waals surface area contributed by atoms with Gasteiger partial charge in [-0.3, -0.25) is 0 Å². The second-order valence-electron chi connectivity index (χ2n) is 4.47. The van der Waals surface area contributed by atoms with E-state index in [1.807, 2.05) is 31.3 Å². The monoisotopic (exact) mass is 319 g/mol. The van der Waals surface area contributed by atoms with Crippen molar-refractivity contribution >= 4 is 15.9 Å². The molecule has 0 aliphatic carbocycles. The van der Waals surface area contributed by atoms with Gasteiger partial charge in [0, 0.05) is 12.1 Å². The summed E-state index contributed by atoms with van der Waals surface area (Å²) in [4.78, 5) is 0. The summed E-state index contributed by atoms with van der Waals surface area (Å²) in [6.07, 6.45) is 0. The molecule has 0 heterocycles. The lowest BCUT2D eigenvalue weighted by atomic mass is 10.1. The highest BCUT2D eigenvalue weighted by Gasteiger charge is 2.08. The van der Waals surface area contributed by atoms with Crippen molar-refractivity contribution in [1.29, 1.82) is 0 Å². The topological polar surface area (TPSA) is 21.3 Å². The first-order chi connectivity index (χ1) is 9.22. The number of ether oxygens (including phenoxy) is 1. The largest absolute Gasteiger partial charge is 0.487 e. The molecule has 0 aliphatic rings. The van der Waals surface area contributed by atoms with E-state index >= 15 is 0 Å². The molecule has 0 aliphatic heterocycles. The molecule has 0 unspecified atom stereocenters. The molecule has 3 heteroatoms. The minimum Gasteiger partial charge on any atom is -0.487 e. The predicted octanol–water partition coefficient (Wildman–Crippen LogP) is 4.06. The van der Waals surface area contributed by atoms with Crippen molar-refractivity contribution < 1.29 is 4.74 Å². The van der Waals surface area contributed by atoms with Gasteiger partial charge in [0.1, 0.15) is 12.4 Å². The summed E-state index contributed by atoms with van der Waals surface area (Å²) < 4.78 is 6.99. The zero-order chi connectivity index (χ0) is 13.7. The maximum absolute atomic E-state index is 6.00. The van der Waals surface area contributed by atoms with E-state index in [4.69, 9.17) is 4.74 Å². The Morgan fingerprint density at radius 1 is 1.05 bits per heavy atom. The quantitative estimate of drug-likeness (QED) is 0.897. The fourth-order valence-corrected chi connectivity index (χ4v) is 2.49. The lowest BCUT2D eigenvalue weighted by Crippen LogP contribution is -2.08. The maximum atomic E-state index is 6.00. The Hall–Kier alpha value is -1.32. The smallest absolute Gasteiger partial charge is 0.138 e. The molecule has 0 aromatic heterocycles. The predicted molar refractivity (Wildman–Crippen MR) is 82.4 cm³/mol. The summed E-state index contributed by atoms with van der Waals surface area (Å²) in [7, 11) is 1.94. The van der Waals surface area contributed by atoms with Crippen LogP contribution in [0.25, 0.3) is 0 Å². The third-order valence-electron chi connectivity index (χ3n) is 3.05. The average molecular weight is 320 g/mol. The normalized spacial score (nSPS) is 10.5. The van der Waals surface area contributed by atoms with Crippen LogP contribution in [0.3, 0.4) is 0 Å². The van der Waals surface area contributed by atoms with Gasteiger partial charge in [-0.25, -0.2) is 0 Å². The Balaban J connectivity index is 2.17. The van der Waals surface area contributed by atoms with Crippen LogP contribution >= 0.6 is 15.9 Å². The van der Waals surface area contributed by atoms with Gasteiger partial charge in [0.15, 0.2) is 0 Å².